The molecule has 1 aromatic rings. The minimum Gasteiger partial charge on any atom is -0.375 e. The monoisotopic (exact) mass is 280 g/mol. The van der Waals surface area contributed by atoms with Crippen LogP contribution in [-0.4, -0.2) is 39.6 Å². The van der Waals surface area contributed by atoms with E-state index in [1.807, 2.05) is 11.7 Å². The van der Waals surface area contributed by atoms with E-state index >= 15 is 0 Å². The molecule has 5 unspecified atom stereocenters. The summed E-state index contributed by atoms with van der Waals surface area (Å²) >= 11 is 0. The first-order chi connectivity index (χ1) is 9.54. The molecular weight excluding hydrogens is 252 g/mol. The number of aromatic nitrogens is 3. The van der Waals surface area contributed by atoms with E-state index in [-0.39, 0.29) is 0 Å². The highest BCUT2D eigenvalue weighted by Crippen LogP contribution is 2.35. The van der Waals surface area contributed by atoms with Gasteiger partial charge in [0.05, 0.1) is 12.2 Å². The van der Waals surface area contributed by atoms with E-state index < -0.39 is 0 Å². The van der Waals surface area contributed by atoms with Crippen molar-refractivity contribution in [3.8, 4) is 0 Å². The lowest BCUT2D eigenvalue weighted by Crippen LogP contribution is -2.44. The van der Waals surface area contributed by atoms with Gasteiger partial charge >= 0.3 is 0 Å². The first kappa shape index (κ1) is 15.4. The Morgan fingerprint density at radius 3 is 2.60 bits per heavy atom. The molecule has 5 nitrogen and oxygen atoms in total. The maximum absolute atomic E-state index is 6.01. The summed E-state index contributed by atoms with van der Waals surface area (Å²) < 4.78 is 7.88. The fourth-order valence-electron chi connectivity index (χ4n) is 3.36. The van der Waals surface area contributed by atoms with Gasteiger partial charge in [-0.05, 0) is 32.7 Å². The Kier molecular flexibility index (Phi) is 5.16. The summed E-state index contributed by atoms with van der Waals surface area (Å²) in [5.74, 6) is 2.12. The summed E-state index contributed by atoms with van der Waals surface area (Å²) in [7, 11) is 1.96. The largest absolute Gasteiger partial charge is 0.375 e. The van der Waals surface area contributed by atoms with Crippen LogP contribution in [0.5, 0.6) is 0 Å². The Labute approximate surface area is 122 Å². The van der Waals surface area contributed by atoms with Crippen LogP contribution in [0, 0.1) is 11.8 Å². The summed E-state index contributed by atoms with van der Waals surface area (Å²) in [4.78, 5) is 4.38. The highest BCUT2D eigenvalue weighted by atomic mass is 16.5. The number of hydrogen-bond acceptors (Lipinski definition) is 4. The molecule has 0 amide bonds. The lowest BCUT2D eigenvalue weighted by atomic mass is 9.82. The summed E-state index contributed by atoms with van der Waals surface area (Å²) in [6.45, 7) is 9.91. The highest BCUT2D eigenvalue weighted by Gasteiger charge is 2.41. The number of nitrogens with zero attached hydrogens (tertiary/aromatic N) is 3. The van der Waals surface area contributed by atoms with Gasteiger partial charge in [0.1, 0.15) is 12.2 Å². The zero-order valence-corrected chi connectivity index (χ0v) is 13.3. The molecule has 0 spiro atoms. The number of aryl methyl sites for hydroxylation is 1. The van der Waals surface area contributed by atoms with Gasteiger partial charge in [-0.2, -0.15) is 5.10 Å². The van der Waals surface area contributed by atoms with Crippen molar-refractivity contribution < 1.29 is 4.74 Å². The van der Waals surface area contributed by atoms with Crippen LogP contribution >= 0.6 is 0 Å². The molecule has 20 heavy (non-hydrogen) atoms. The molecule has 0 aliphatic carbocycles. The maximum atomic E-state index is 6.01. The van der Waals surface area contributed by atoms with Crippen molar-refractivity contribution >= 4 is 0 Å². The van der Waals surface area contributed by atoms with Crippen LogP contribution in [0.15, 0.2) is 6.33 Å². The molecule has 0 radical (unpaired) electrons. The van der Waals surface area contributed by atoms with Crippen LogP contribution in [0.25, 0.3) is 0 Å². The highest BCUT2D eigenvalue weighted by molar-refractivity contribution is 4.97. The van der Waals surface area contributed by atoms with Crippen molar-refractivity contribution in [2.45, 2.75) is 58.8 Å². The smallest absolute Gasteiger partial charge is 0.138 e. The summed E-state index contributed by atoms with van der Waals surface area (Å²) in [5, 5.41) is 7.87. The predicted molar refractivity (Wildman–Crippen MR) is 79.5 cm³/mol. The zero-order valence-electron chi connectivity index (χ0n) is 13.3. The molecule has 1 aliphatic heterocycles. The fraction of sp³-hybridized carbons (Fsp3) is 0.867. The number of rotatable bonds is 6. The van der Waals surface area contributed by atoms with Gasteiger partial charge in [0.25, 0.3) is 0 Å². The van der Waals surface area contributed by atoms with Crippen LogP contribution in [0.3, 0.4) is 0 Å². The molecule has 0 bridgehead atoms. The van der Waals surface area contributed by atoms with Crippen molar-refractivity contribution in [2.75, 3.05) is 6.54 Å². The van der Waals surface area contributed by atoms with Crippen molar-refractivity contribution in [1.82, 2.24) is 20.1 Å². The second-order valence-corrected chi connectivity index (χ2v) is 6.05. The van der Waals surface area contributed by atoms with Gasteiger partial charge in [0, 0.05) is 25.4 Å². The van der Waals surface area contributed by atoms with Crippen LogP contribution in [0.4, 0.5) is 0 Å². The van der Waals surface area contributed by atoms with E-state index in [1.54, 1.807) is 6.33 Å². The second-order valence-electron chi connectivity index (χ2n) is 6.05. The average molecular weight is 280 g/mol. The van der Waals surface area contributed by atoms with Crippen LogP contribution < -0.4 is 5.32 Å². The van der Waals surface area contributed by atoms with Crippen molar-refractivity contribution in [3.05, 3.63) is 12.2 Å². The van der Waals surface area contributed by atoms with Crippen molar-refractivity contribution in [1.29, 1.82) is 0 Å². The molecule has 1 aliphatic rings. The SMILES string of the molecule is CCCNC(Cc1ncnn1C)C1C(C)OC(C)C1C. The van der Waals surface area contributed by atoms with Gasteiger partial charge in [-0.3, -0.25) is 4.68 Å². The van der Waals surface area contributed by atoms with Gasteiger partial charge in [0.2, 0.25) is 0 Å². The Morgan fingerprint density at radius 2 is 2.10 bits per heavy atom. The minimum absolute atomic E-state index is 0.294. The van der Waals surface area contributed by atoms with Crippen LogP contribution in [-0.2, 0) is 18.2 Å². The minimum atomic E-state index is 0.294. The lowest BCUT2D eigenvalue weighted by molar-refractivity contribution is 0.0475. The third-order valence-electron chi connectivity index (χ3n) is 4.65. The molecule has 1 N–H and O–H groups in total. The molecule has 1 saturated heterocycles. The molecule has 114 valence electrons. The van der Waals surface area contributed by atoms with E-state index in [0.29, 0.717) is 30.1 Å². The molecule has 0 aromatic carbocycles. The first-order valence-corrected chi connectivity index (χ1v) is 7.76. The summed E-state index contributed by atoms with van der Waals surface area (Å²) in [5.41, 5.74) is 0. The summed E-state index contributed by atoms with van der Waals surface area (Å²) in [6.07, 6.45) is 4.31. The molecule has 5 heteroatoms. The second kappa shape index (κ2) is 6.68. The molecule has 5 atom stereocenters. The molecular formula is C15H28N4O. The Hall–Kier alpha value is -0.940. The molecule has 0 saturated carbocycles. The van der Waals surface area contributed by atoms with E-state index in [0.717, 1.165) is 25.2 Å². The number of nitrogens with one attached hydrogen (secondary N) is 1. The standard InChI is InChI=1S/C15H28N4O/c1-6-7-16-13(8-14-17-9-18-19(14)5)15-10(2)11(3)20-12(15)4/h9-13,15-16H,6-8H2,1-5H3. The van der Waals surface area contributed by atoms with Crippen molar-refractivity contribution in [3.63, 3.8) is 0 Å². The molecule has 2 rings (SSSR count). The van der Waals surface area contributed by atoms with E-state index in [9.17, 15) is 0 Å². The van der Waals surface area contributed by atoms with Gasteiger partial charge in [0.15, 0.2) is 0 Å². The van der Waals surface area contributed by atoms with E-state index in [1.165, 1.54) is 0 Å². The Morgan fingerprint density at radius 1 is 1.35 bits per heavy atom. The first-order valence-electron chi connectivity index (χ1n) is 7.76. The topological polar surface area (TPSA) is 52.0 Å². The molecule has 2 heterocycles. The maximum Gasteiger partial charge on any atom is 0.138 e. The third kappa shape index (κ3) is 3.20. The predicted octanol–water partition coefficient (Wildman–Crippen LogP) is 1.79. The number of ether oxygens (including phenoxy) is 1. The summed E-state index contributed by atoms with van der Waals surface area (Å²) in [6, 6.07) is 0.396. The van der Waals surface area contributed by atoms with E-state index in [4.69, 9.17) is 4.74 Å². The zero-order chi connectivity index (χ0) is 14.7. The fourth-order valence-corrected chi connectivity index (χ4v) is 3.36. The van der Waals surface area contributed by atoms with E-state index in [2.05, 4.69) is 43.1 Å². The normalized spacial score (nSPS) is 31.6. The van der Waals surface area contributed by atoms with Gasteiger partial charge in [-0.1, -0.05) is 13.8 Å². The van der Waals surface area contributed by atoms with Gasteiger partial charge in [-0.15, -0.1) is 0 Å². The van der Waals surface area contributed by atoms with Gasteiger partial charge < -0.3 is 10.1 Å². The Bertz CT molecular complexity index is 420. The lowest BCUT2D eigenvalue weighted by Gasteiger charge is -2.29. The number of hydrogen-bond donors (Lipinski definition) is 1. The van der Waals surface area contributed by atoms with Crippen LogP contribution in [0.1, 0.15) is 39.9 Å². The molecule has 1 fully saturated rings. The molecule has 1 aromatic heterocycles. The Balaban J connectivity index is 2.12. The third-order valence-corrected chi connectivity index (χ3v) is 4.65. The van der Waals surface area contributed by atoms with Gasteiger partial charge in [-0.25, -0.2) is 4.98 Å². The quantitative estimate of drug-likeness (QED) is 0.863. The van der Waals surface area contributed by atoms with Crippen LogP contribution in [0.2, 0.25) is 0 Å². The van der Waals surface area contributed by atoms with Crippen molar-refractivity contribution in [2.24, 2.45) is 18.9 Å². The average Bonchev–Trinajstić information content (AvgIpc) is 2.91.